The van der Waals surface area contributed by atoms with Crippen LogP contribution >= 0.6 is 11.3 Å². The van der Waals surface area contributed by atoms with Gasteiger partial charge in [-0.3, -0.25) is 4.79 Å². The fourth-order valence-corrected chi connectivity index (χ4v) is 4.21. The maximum atomic E-state index is 12.8. The number of benzene rings is 2. The lowest BCUT2D eigenvalue weighted by Crippen LogP contribution is -2.41. The Morgan fingerprint density at radius 2 is 1.89 bits per heavy atom. The van der Waals surface area contributed by atoms with Gasteiger partial charge in [-0.15, -0.1) is 11.3 Å². The molecule has 5 heteroatoms. The van der Waals surface area contributed by atoms with E-state index in [4.69, 9.17) is 4.74 Å². The molecule has 0 atom stereocenters. The van der Waals surface area contributed by atoms with Crippen LogP contribution < -0.4 is 9.64 Å². The Morgan fingerprint density at radius 1 is 1.11 bits per heavy atom. The van der Waals surface area contributed by atoms with Crippen LogP contribution in [0.25, 0.3) is 0 Å². The number of amides is 1. The number of carbonyl (C=O) groups is 1. The summed E-state index contributed by atoms with van der Waals surface area (Å²) in [5.74, 6) is 1.67. The quantitative estimate of drug-likeness (QED) is 0.652. The van der Waals surface area contributed by atoms with Gasteiger partial charge >= 0.3 is 0 Å². The molecule has 0 spiro atoms. The van der Waals surface area contributed by atoms with Crippen molar-refractivity contribution in [3.05, 3.63) is 76.5 Å². The number of anilines is 1. The third kappa shape index (κ3) is 3.98. The Kier molecular flexibility index (Phi) is 5.12. The van der Waals surface area contributed by atoms with Crippen LogP contribution in [0.1, 0.15) is 10.4 Å². The summed E-state index contributed by atoms with van der Waals surface area (Å²) < 4.78 is 6.03. The minimum Gasteiger partial charge on any atom is -0.455 e. The van der Waals surface area contributed by atoms with Crippen LogP contribution in [0.5, 0.6) is 11.5 Å². The Labute approximate surface area is 163 Å². The van der Waals surface area contributed by atoms with Crippen molar-refractivity contribution in [3.63, 3.8) is 0 Å². The van der Waals surface area contributed by atoms with Crippen molar-refractivity contribution in [2.75, 3.05) is 25.0 Å². The molecular weight excluding hydrogens is 356 g/mol. The summed E-state index contributed by atoms with van der Waals surface area (Å²) in [7, 11) is 1.94. The van der Waals surface area contributed by atoms with Gasteiger partial charge in [0, 0.05) is 25.0 Å². The topological polar surface area (TPSA) is 32.8 Å². The molecule has 2 heterocycles. The lowest BCUT2D eigenvalue weighted by Gasteiger charge is -2.30. The number of rotatable bonds is 5. The molecule has 0 aliphatic carbocycles. The number of thiophene rings is 1. The van der Waals surface area contributed by atoms with Crippen molar-refractivity contribution in [1.29, 1.82) is 0 Å². The number of fused-ring (bicyclic) bond motifs is 1. The average molecular weight is 378 g/mol. The molecule has 3 aromatic rings. The first kappa shape index (κ1) is 17.6. The zero-order chi connectivity index (χ0) is 18.6. The highest BCUT2D eigenvalue weighted by molar-refractivity contribution is 7.10. The molecule has 1 aliphatic rings. The van der Waals surface area contributed by atoms with E-state index in [-0.39, 0.29) is 5.91 Å². The highest BCUT2D eigenvalue weighted by Crippen LogP contribution is 2.31. The van der Waals surface area contributed by atoms with Crippen molar-refractivity contribution in [2.45, 2.75) is 13.0 Å². The molecule has 0 N–H and O–H groups in total. The number of likely N-dealkylation sites (N-methyl/N-ethyl adjacent to an activating group) is 1. The number of nitrogens with zero attached hydrogens (tertiary/aromatic N) is 2. The van der Waals surface area contributed by atoms with E-state index in [1.165, 1.54) is 10.4 Å². The molecule has 1 aromatic heterocycles. The SMILES string of the molecule is CN(CC(=O)N1CCc2sccc2C1)c1ccccc1Oc1ccccc1. The maximum absolute atomic E-state index is 12.8. The number of ether oxygens (including phenoxy) is 1. The predicted octanol–water partition coefficient (Wildman–Crippen LogP) is 4.56. The van der Waals surface area contributed by atoms with Crippen LogP contribution in [0.2, 0.25) is 0 Å². The Morgan fingerprint density at radius 3 is 2.74 bits per heavy atom. The van der Waals surface area contributed by atoms with Crippen molar-refractivity contribution in [3.8, 4) is 11.5 Å². The van der Waals surface area contributed by atoms with Crippen LogP contribution in [0.4, 0.5) is 5.69 Å². The second kappa shape index (κ2) is 7.84. The summed E-state index contributed by atoms with van der Waals surface area (Å²) in [6.45, 7) is 1.84. The highest BCUT2D eigenvalue weighted by atomic mass is 32.1. The van der Waals surface area contributed by atoms with E-state index in [0.29, 0.717) is 13.1 Å². The first-order valence-electron chi connectivity index (χ1n) is 9.07. The lowest BCUT2D eigenvalue weighted by molar-refractivity contribution is -0.130. The Balaban J connectivity index is 1.45. The molecule has 138 valence electrons. The van der Waals surface area contributed by atoms with E-state index < -0.39 is 0 Å². The van der Waals surface area contributed by atoms with E-state index in [1.54, 1.807) is 11.3 Å². The summed E-state index contributed by atoms with van der Waals surface area (Å²) in [4.78, 5) is 18.2. The lowest BCUT2D eigenvalue weighted by atomic mass is 10.1. The number of para-hydroxylation sites is 3. The molecule has 0 fully saturated rings. The van der Waals surface area contributed by atoms with Gasteiger partial charge in [0.2, 0.25) is 5.91 Å². The first-order chi connectivity index (χ1) is 13.2. The van der Waals surface area contributed by atoms with Gasteiger partial charge in [-0.1, -0.05) is 30.3 Å². The number of hydrogen-bond acceptors (Lipinski definition) is 4. The molecule has 0 radical (unpaired) electrons. The molecule has 1 amide bonds. The molecular formula is C22H22N2O2S. The average Bonchev–Trinajstić information content (AvgIpc) is 3.17. The van der Waals surface area contributed by atoms with Gasteiger partial charge < -0.3 is 14.5 Å². The second-order valence-electron chi connectivity index (χ2n) is 6.67. The van der Waals surface area contributed by atoms with Gasteiger partial charge in [-0.2, -0.15) is 0 Å². The minimum atomic E-state index is 0.142. The molecule has 0 unspecified atom stereocenters. The van der Waals surface area contributed by atoms with Gasteiger partial charge in [-0.25, -0.2) is 0 Å². The largest absolute Gasteiger partial charge is 0.455 e. The third-order valence-corrected chi connectivity index (χ3v) is 5.80. The summed E-state index contributed by atoms with van der Waals surface area (Å²) in [5, 5.41) is 2.11. The zero-order valence-electron chi connectivity index (χ0n) is 15.3. The summed E-state index contributed by atoms with van der Waals surface area (Å²) in [5.41, 5.74) is 2.19. The standard InChI is InChI=1S/C22H22N2O2S/c1-23(16-22(25)24-13-11-21-17(15-24)12-14-27-21)19-9-5-6-10-20(19)26-18-7-3-2-4-8-18/h2-10,12,14H,11,13,15-16H2,1H3. The normalized spacial score (nSPS) is 13.1. The van der Waals surface area contributed by atoms with E-state index in [2.05, 4.69) is 11.4 Å². The monoisotopic (exact) mass is 378 g/mol. The Bertz CT molecular complexity index is 923. The molecule has 0 bridgehead atoms. The van der Waals surface area contributed by atoms with E-state index >= 15 is 0 Å². The van der Waals surface area contributed by atoms with Crippen molar-refractivity contribution in [2.24, 2.45) is 0 Å². The van der Waals surface area contributed by atoms with Gasteiger partial charge in [0.1, 0.15) is 5.75 Å². The number of hydrogen-bond donors (Lipinski definition) is 0. The molecule has 4 nitrogen and oxygen atoms in total. The van der Waals surface area contributed by atoms with Crippen LogP contribution in [0, 0.1) is 0 Å². The molecule has 0 saturated heterocycles. The third-order valence-electron chi connectivity index (χ3n) is 4.78. The first-order valence-corrected chi connectivity index (χ1v) is 9.95. The van der Waals surface area contributed by atoms with Crippen LogP contribution in [-0.2, 0) is 17.8 Å². The minimum absolute atomic E-state index is 0.142. The van der Waals surface area contributed by atoms with Crippen LogP contribution in [-0.4, -0.2) is 30.9 Å². The fourth-order valence-electron chi connectivity index (χ4n) is 3.32. The fraction of sp³-hybridized carbons (Fsp3) is 0.227. The van der Waals surface area contributed by atoms with E-state index in [1.807, 2.05) is 71.4 Å². The van der Waals surface area contributed by atoms with Crippen molar-refractivity contribution >= 4 is 22.9 Å². The number of carbonyl (C=O) groups excluding carboxylic acids is 1. The molecule has 2 aromatic carbocycles. The second-order valence-corrected chi connectivity index (χ2v) is 7.67. The molecule has 0 saturated carbocycles. The van der Waals surface area contributed by atoms with Gasteiger partial charge in [0.15, 0.2) is 5.75 Å². The van der Waals surface area contributed by atoms with Crippen LogP contribution in [0.3, 0.4) is 0 Å². The molecule has 27 heavy (non-hydrogen) atoms. The summed E-state index contributed by atoms with van der Waals surface area (Å²) in [6, 6.07) is 19.7. The predicted molar refractivity (Wildman–Crippen MR) is 110 cm³/mol. The van der Waals surface area contributed by atoms with Crippen molar-refractivity contribution < 1.29 is 9.53 Å². The van der Waals surface area contributed by atoms with Gasteiger partial charge in [-0.05, 0) is 47.7 Å². The van der Waals surface area contributed by atoms with Crippen LogP contribution in [0.15, 0.2) is 66.0 Å². The molecule has 1 aliphatic heterocycles. The van der Waals surface area contributed by atoms with E-state index in [0.717, 1.165) is 30.2 Å². The summed E-state index contributed by atoms with van der Waals surface area (Å²) >= 11 is 1.79. The maximum Gasteiger partial charge on any atom is 0.242 e. The smallest absolute Gasteiger partial charge is 0.242 e. The molecule has 4 rings (SSSR count). The summed E-state index contributed by atoms with van der Waals surface area (Å²) in [6.07, 6.45) is 0.955. The zero-order valence-corrected chi connectivity index (χ0v) is 16.1. The highest BCUT2D eigenvalue weighted by Gasteiger charge is 2.23. The van der Waals surface area contributed by atoms with Gasteiger partial charge in [0.25, 0.3) is 0 Å². The van der Waals surface area contributed by atoms with Crippen molar-refractivity contribution in [1.82, 2.24) is 4.90 Å². The van der Waals surface area contributed by atoms with Gasteiger partial charge in [0.05, 0.1) is 12.2 Å². The Hall–Kier alpha value is -2.79. The van der Waals surface area contributed by atoms with E-state index in [9.17, 15) is 4.79 Å².